The number of aryl methyl sites for hydroxylation is 1. The Hall–Kier alpha value is -1.15. The number of thiazole rings is 1. The van der Waals surface area contributed by atoms with E-state index in [4.69, 9.17) is 0 Å². The van der Waals surface area contributed by atoms with Crippen molar-refractivity contribution < 1.29 is 0 Å². The largest absolute Gasteiger partial charge is 0.352 e. The van der Waals surface area contributed by atoms with Crippen molar-refractivity contribution in [1.29, 1.82) is 0 Å². The molecule has 0 saturated carbocycles. The second kappa shape index (κ2) is 9.87. The molecule has 2 N–H and O–H groups in total. The molecule has 0 fully saturated rings. The van der Waals surface area contributed by atoms with Gasteiger partial charge in [-0.15, -0.1) is 35.3 Å². The summed E-state index contributed by atoms with van der Waals surface area (Å²) >= 11 is 1.72. The molecule has 6 heteroatoms. The van der Waals surface area contributed by atoms with Crippen LogP contribution in [0.3, 0.4) is 0 Å². The van der Waals surface area contributed by atoms with Crippen molar-refractivity contribution in [3.63, 3.8) is 0 Å². The maximum atomic E-state index is 4.62. The van der Waals surface area contributed by atoms with Crippen molar-refractivity contribution in [1.82, 2.24) is 15.6 Å². The smallest absolute Gasteiger partial charge is 0.191 e. The standard InChI is InChI=1S/C17H24N4S.HI/c1-12(2)16-21-15(11-22-16)10-20-17(18-4)19-9-14-8-6-5-7-13(14)3;/h5-8,11-12H,9-10H2,1-4H3,(H2,18,19,20);1H. The molecule has 1 heterocycles. The molecule has 0 saturated heterocycles. The molecule has 0 unspecified atom stereocenters. The van der Waals surface area contributed by atoms with E-state index in [1.54, 1.807) is 18.4 Å². The summed E-state index contributed by atoms with van der Waals surface area (Å²) < 4.78 is 0. The third-order valence-electron chi connectivity index (χ3n) is 3.43. The minimum Gasteiger partial charge on any atom is -0.352 e. The zero-order valence-electron chi connectivity index (χ0n) is 14.1. The summed E-state index contributed by atoms with van der Waals surface area (Å²) in [5.74, 6) is 1.28. The maximum absolute atomic E-state index is 4.62. The lowest BCUT2D eigenvalue weighted by atomic mass is 10.1. The van der Waals surface area contributed by atoms with Crippen LogP contribution in [0.15, 0.2) is 34.6 Å². The van der Waals surface area contributed by atoms with Crippen molar-refractivity contribution in [2.24, 2.45) is 4.99 Å². The maximum Gasteiger partial charge on any atom is 0.191 e. The first-order valence-corrected chi connectivity index (χ1v) is 8.41. The zero-order chi connectivity index (χ0) is 15.9. The molecule has 1 aromatic carbocycles. The van der Waals surface area contributed by atoms with Gasteiger partial charge in [-0.2, -0.15) is 0 Å². The molecule has 0 aliphatic carbocycles. The van der Waals surface area contributed by atoms with Gasteiger partial charge in [0.1, 0.15) is 0 Å². The molecule has 1 aromatic heterocycles. The van der Waals surface area contributed by atoms with E-state index in [9.17, 15) is 0 Å². The summed E-state index contributed by atoms with van der Waals surface area (Å²) in [7, 11) is 1.79. The first-order chi connectivity index (χ1) is 10.6. The Bertz CT molecular complexity index is 637. The van der Waals surface area contributed by atoms with Gasteiger partial charge in [0.15, 0.2) is 5.96 Å². The molecule has 0 atom stereocenters. The van der Waals surface area contributed by atoms with Crippen LogP contribution in [0.1, 0.15) is 41.6 Å². The van der Waals surface area contributed by atoms with Crippen LogP contribution in [0, 0.1) is 6.92 Å². The number of halogens is 1. The van der Waals surface area contributed by atoms with Crippen LogP contribution in [-0.4, -0.2) is 18.0 Å². The fourth-order valence-electron chi connectivity index (χ4n) is 2.05. The average Bonchev–Trinajstić information content (AvgIpc) is 2.98. The highest BCUT2D eigenvalue weighted by atomic mass is 127. The third kappa shape index (κ3) is 6.10. The van der Waals surface area contributed by atoms with Gasteiger partial charge in [0.2, 0.25) is 0 Å². The van der Waals surface area contributed by atoms with Gasteiger partial charge in [-0.05, 0) is 18.1 Å². The molecule has 2 rings (SSSR count). The molecule has 0 aliphatic heterocycles. The minimum absolute atomic E-state index is 0. The van der Waals surface area contributed by atoms with Crippen LogP contribution >= 0.6 is 35.3 Å². The number of rotatable bonds is 5. The van der Waals surface area contributed by atoms with Crippen LogP contribution < -0.4 is 10.6 Å². The van der Waals surface area contributed by atoms with Gasteiger partial charge in [0.25, 0.3) is 0 Å². The second-order valence-corrected chi connectivity index (χ2v) is 6.43. The summed E-state index contributed by atoms with van der Waals surface area (Å²) in [6.45, 7) is 7.91. The van der Waals surface area contributed by atoms with Gasteiger partial charge in [-0.1, -0.05) is 38.1 Å². The van der Waals surface area contributed by atoms with Crippen LogP contribution in [-0.2, 0) is 13.1 Å². The Kier molecular flexibility index (Phi) is 8.54. The van der Waals surface area contributed by atoms with E-state index in [1.165, 1.54) is 16.1 Å². The molecule has 0 bridgehead atoms. The highest BCUT2D eigenvalue weighted by Gasteiger charge is 2.06. The number of benzene rings is 1. The fourth-order valence-corrected chi connectivity index (χ4v) is 2.89. The first kappa shape index (κ1) is 19.9. The third-order valence-corrected chi connectivity index (χ3v) is 4.63. The molecule has 0 amide bonds. The number of nitrogens with zero attached hydrogens (tertiary/aromatic N) is 2. The Morgan fingerprint density at radius 3 is 2.52 bits per heavy atom. The average molecular weight is 444 g/mol. The van der Waals surface area contributed by atoms with Gasteiger partial charge in [-0.25, -0.2) is 4.98 Å². The monoisotopic (exact) mass is 444 g/mol. The first-order valence-electron chi connectivity index (χ1n) is 7.53. The number of hydrogen-bond acceptors (Lipinski definition) is 3. The topological polar surface area (TPSA) is 49.3 Å². The Morgan fingerprint density at radius 2 is 1.91 bits per heavy atom. The van der Waals surface area contributed by atoms with Gasteiger partial charge >= 0.3 is 0 Å². The Labute approximate surface area is 159 Å². The lowest BCUT2D eigenvalue weighted by Crippen LogP contribution is -2.36. The van der Waals surface area contributed by atoms with E-state index < -0.39 is 0 Å². The van der Waals surface area contributed by atoms with Crippen LogP contribution in [0.2, 0.25) is 0 Å². The normalized spacial score (nSPS) is 11.3. The predicted octanol–water partition coefficient (Wildman–Crippen LogP) is 4.06. The molecular formula is C17H25IN4S. The highest BCUT2D eigenvalue weighted by Crippen LogP contribution is 2.18. The van der Waals surface area contributed by atoms with Crippen molar-refractivity contribution >= 4 is 41.3 Å². The highest BCUT2D eigenvalue weighted by molar-refractivity contribution is 14.0. The molecule has 0 radical (unpaired) electrons. The van der Waals surface area contributed by atoms with E-state index in [2.05, 4.69) is 71.0 Å². The lowest BCUT2D eigenvalue weighted by molar-refractivity contribution is 0.782. The number of aromatic nitrogens is 1. The van der Waals surface area contributed by atoms with E-state index >= 15 is 0 Å². The van der Waals surface area contributed by atoms with Crippen LogP contribution in [0.4, 0.5) is 0 Å². The van der Waals surface area contributed by atoms with Crippen molar-refractivity contribution in [2.45, 2.75) is 39.8 Å². The van der Waals surface area contributed by atoms with Gasteiger partial charge in [-0.3, -0.25) is 4.99 Å². The van der Waals surface area contributed by atoms with E-state index in [0.29, 0.717) is 12.5 Å². The van der Waals surface area contributed by atoms with Gasteiger partial charge in [0, 0.05) is 24.9 Å². The summed E-state index contributed by atoms with van der Waals surface area (Å²) in [4.78, 5) is 8.88. The van der Waals surface area contributed by atoms with E-state index in [0.717, 1.165) is 18.2 Å². The number of nitrogens with one attached hydrogen (secondary N) is 2. The van der Waals surface area contributed by atoms with Gasteiger partial charge in [0.05, 0.1) is 17.2 Å². The SMILES string of the molecule is CN=C(NCc1csc(C(C)C)n1)NCc1ccccc1C.I. The Morgan fingerprint density at radius 1 is 1.22 bits per heavy atom. The molecule has 0 aliphatic rings. The summed E-state index contributed by atoms with van der Waals surface area (Å²) in [6, 6.07) is 8.37. The number of hydrogen-bond donors (Lipinski definition) is 2. The molecule has 2 aromatic rings. The molecule has 126 valence electrons. The molecule has 23 heavy (non-hydrogen) atoms. The minimum atomic E-state index is 0. The van der Waals surface area contributed by atoms with E-state index in [1.807, 2.05) is 0 Å². The summed E-state index contributed by atoms with van der Waals surface area (Å²) in [6.07, 6.45) is 0. The van der Waals surface area contributed by atoms with E-state index in [-0.39, 0.29) is 24.0 Å². The van der Waals surface area contributed by atoms with Crippen LogP contribution in [0.5, 0.6) is 0 Å². The van der Waals surface area contributed by atoms with Gasteiger partial charge < -0.3 is 10.6 Å². The van der Waals surface area contributed by atoms with Crippen molar-refractivity contribution in [2.75, 3.05) is 7.05 Å². The van der Waals surface area contributed by atoms with Crippen LogP contribution in [0.25, 0.3) is 0 Å². The van der Waals surface area contributed by atoms with Crippen molar-refractivity contribution in [3.8, 4) is 0 Å². The number of guanidine groups is 1. The molecule has 0 spiro atoms. The second-order valence-electron chi connectivity index (χ2n) is 5.54. The Balaban J connectivity index is 0.00000264. The zero-order valence-corrected chi connectivity index (χ0v) is 17.2. The fraction of sp³-hybridized carbons (Fsp3) is 0.412. The van der Waals surface area contributed by atoms with Crippen molar-refractivity contribution in [3.05, 3.63) is 51.5 Å². The molecular weight excluding hydrogens is 419 g/mol. The summed E-state index contributed by atoms with van der Waals surface area (Å²) in [5, 5.41) is 9.94. The quantitative estimate of drug-likeness (QED) is 0.416. The number of aliphatic imine (C=N–C) groups is 1. The predicted molar refractivity (Wildman–Crippen MR) is 110 cm³/mol. The lowest BCUT2D eigenvalue weighted by Gasteiger charge is -2.12. The molecule has 4 nitrogen and oxygen atoms in total. The summed E-state index contributed by atoms with van der Waals surface area (Å²) in [5.41, 5.74) is 3.63.